The van der Waals surface area contributed by atoms with E-state index in [1.807, 2.05) is 41.0 Å². The van der Waals surface area contributed by atoms with Crippen molar-refractivity contribution in [2.45, 2.75) is 46.1 Å². The van der Waals surface area contributed by atoms with Crippen LogP contribution in [0, 0.1) is 13.8 Å². The minimum Gasteiger partial charge on any atom is -0.492 e. The second-order valence-electron chi connectivity index (χ2n) is 8.31. The lowest BCUT2D eigenvalue weighted by Gasteiger charge is -2.15. The Morgan fingerprint density at radius 2 is 1.84 bits per heavy atom. The zero-order valence-corrected chi connectivity index (χ0v) is 18.8. The van der Waals surface area contributed by atoms with Gasteiger partial charge in [0, 0.05) is 10.4 Å². The van der Waals surface area contributed by atoms with E-state index in [9.17, 15) is 4.79 Å². The minimum atomic E-state index is 0.0633. The third kappa shape index (κ3) is 3.90. The topological polar surface area (TPSA) is 44.1 Å². The van der Waals surface area contributed by atoms with Gasteiger partial charge in [0.2, 0.25) is 0 Å². The molecule has 0 N–H and O–H groups in total. The number of thiophene rings is 1. The molecule has 2 heterocycles. The summed E-state index contributed by atoms with van der Waals surface area (Å²) in [6.07, 6.45) is 4.39. The summed E-state index contributed by atoms with van der Waals surface area (Å²) in [6, 6.07) is 16.2. The third-order valence-corrected chi connectivity index (χ3v) is 7.14. The van der Waals surface area contributed by atoms with Crippen LogP contribution in [0.25, 0.3) is 21.6 Å². The summed E-state index contributed by atoms with van der Waals surface area (Å²) >= 11 is 1.70. The summed E-state index contributed by atoms with van der Waals surface area (Å²) in [4.78, 5) is 20.9. The van der Waals surface area contributed by atoms with Crippen molar-refractivity contribution < 1.29 is 4.74 Å². The summed E-state index contributed by atoms with van der Waals surface area (Å²) < 4.78 is 7.77. The van der Waals surface area contributed by atoms with E-state index in [-0.39, 0.29) is 5.56 Å². The molecule has 4 nitrogen and oxygen atoms in total. The highest BCUT2D eigenvalue weighted by Crippen LogP contribution is 2.34. The van der Waals surface area contributed by atoms with Crippen LogP contribution in [-0.2, 0) is 19.4 Å². The number of aromatic nitrogens is 2. The molecule has 2 aromatic carbocycles. The summed E-state index contributed by atoms with van der Waals surface area (Å²) in [5.74, 6) is 1.55. The van der Waals surface area contributed by atoms with Gasteiger partial charge in [-0.1, -0.05) is 41.5 Å². The third-order valence-electron chi connectivity index (χ3n) is 5.96. The Hall–Kier alpha value is -2.92. The van der Waals surface area contributed by atoms with Crippen LogP contribution in [0.1, 0.15) is 34.4 Å². The van der Waals surface area contributed by atoms with Crippen molar-refractivity contribution in [3.05, 3.63) is 80.5 Å². The molecule has 0 aliphatic heterocycles. The van der Waals surface area contributed by atoms with Gasteiger partial charge in [0.05, 0.1) is 11.9 Å². The van der Waals surface area contributed by atoms with Gasteiger partial charge < -0.3 is 4.74 Å². The van der Waals surface area contributed by atoms with E-state index >= 15 is 0 Å². The standard InChI is InChI=1S/C26H26N2O2S/c1-17-10-12-20(13-11-17)30-15-14-28-24(19-7-5-6-18(2)16-19)27-25-23(26(28)29)21-8-3-4-9-22(21)31-25/h5-7,10-13,16H,3-4,8-9,14-15H2,1-2H3. The van der Waals surface area contributed by atoms with Crippen LogP contribution < -0.4 is 10.3 Å². The number of benzene rings is 2. The molecule has 0 spiro atoms. The molecule has 1 aliphatic rings. The molecule has 5 rings (SSSR count). The lowest BCUT2D eigenvalue weighted by molar-refractivity contribution is 0.297. The first-order valence-electron chi connectivity index (χ1n) is 10.9. The van der Waals surface area contributed by atoms with E-state index in [0.29, 0.717) is 13.2 Å². The Balaban J connectivity index is 1.57. The Morgan fingerprint density at radius 3 is 2.65 bits per heavy atom. The Kier molecular flexibility index (Phi) is 5.36. The van der Waals surface area contributed by atoms with Gasteiger partial charge >= 0.3 is 0 Å². The van der Waals surface area contributed by atoms with Gasteiger partial charge in [0.1, 0.15) is 23.0 Å². The van der Waals surface area contributed by atoms with Crippen LogP contribution >= 0.6 is 11.3 Å². The van der Waals surface area contributed by atoms with Gasteiger partial charge in [-0.25, -0.2) is 4.98 Å². The van der Waals surface area contributed by atoms with Gasteiger partial charge in [0.15, 0.2) is 0 Å². The highest BCUT2D eigenvalue weighted by Gasteiger charge is 2.22. The van der Waals surface area contributed by atoms with Crippen LogP contribution in [0.4, 0.5) is 0 Å². The van der Waals surface area contributed by atoms with Crippen molar-refractivity contribution in [2.24, 2.45) is 0 Å². The van der Waals surface area contributed by atoms with Gasteiger partial charge in [-0.15, -0.1) is 11.3 Å². The quantitative estimate of drug-likeness (QED) is 0.408. The fraction of sp³-hybridized carbons (Fsp3) is 0.308. The van der Waals surface area contributed by atoms with Crippen molar-refractivity contribution in [1.29, 1.82) is 0 Å². The van der Waals surface area contributed by atoms with Crippen molar-refractivity contribution in [1.82, 2.24) is 9.55 Å². The predicted octanol–water partition coefficient (Wildman–Crippen LogP) is 5.70. The van der Waals surface area contributed by atoms with Crippen molar-refractivity contribution in [3.63, 3.8) is 0 Å². The van der Waals surface area contributed by atoms with E-state index in [0.717, 1.165) is 52.2 Å². The second kappa shape index (κ2) is 8.31. The van der Waals surface area contributed by atoms with E-state index < -0.39 is 0 Å². The number of ether oxygens (including phenoxy) is 1. The number of hydrogen-bond acceptors (Lipinski definition) is 4. The van der Waals surface area contributed by atoms with Crippen LogP contribution in [-0.4, -0.2) is 16.2 Å². The minimum absolute atomic E-state index is 0.0633. The van der Waals surface area contributed by atoms with Crippen molar-refractivity contribution >= 4 is 21.6 Å². The van der Waals surface area contributed by atoms with Gasteiger partial charge in [-0.05, 0) is 63.3 Å². The monoisotopic (exact) mass is 430 g/mol. The molecular weight excluding hydrogens is 404 g/mol. The smallest absolute Gasteiger partial charge is 0.262 e. The first-order chi connectivity index (χ1) is 15.1. The fourth-order valence-corrected chi connectivity index (χ4v) is 5.59. The molecule has 0 unspecified atom stereocenters. The Morgan fingerprint density at radius 1 is 1.03 bits per heavy atom. The molecular formula is C26H26N2O2S. The van der Waals surface area contributed by atoms with E-state index in [2.05, 4.69) is 26.0 Å². The molecule has 0 atom stereocenters. The van der Waals surface area contributed by atoms with Crippen LogP contribution in [0.5, 0.6) is 5.75 Å². The highest BCUT2D eigenvalue weighted by molar-refractivity contribution is 7.18. The number of aryl methyl sites for hydroxylation is 4. The van der Waals surface area contributed by atoms with Gasteiger partial charge in [0.25, 0.3) is 5.56 Å². The number of nitrogens with zero attached hydrogens (tertiary/aromatic N) is 2. The molecule has 4 aromatic rings. The second-order valence-corrected chi connectivity index (χ2v) is 9.40. The normalized spacial score (nSPS) is 13.4. The summed E-state index contributed by atoms with van der Waals surface area (Å²) in [5, 5.41) is 0.825. The summed E-state index contributed by atoms with van der Waals surface area (Å²) in [6.45, 7) is 5.00. The van der Waals surface area contributed by atoms with Crippen molar-refractivity contribution in [2.75, 3.05) is 6.61 Å². The van der Waals surface area contributed by atoms with Crippen LogP contribution in [0.3, 0.4) is 0 Å². The molecule has 2 aromatic heterocycles. The maximum absolute atomic E-state index is 13.7. The van der Waals surface area contributed by atoms with Crippen LogP contribution in [0.15, 0.2) is 53.3 Å². The molecule has 0 amide bonds. The maximum Gasteiger partial charge on any atom is 0.262 e. The van der Waals surface area contributed by atoms with E-state index in [1.54, 1.807) is 11.3 Å². The zero-order valence-electron chi connectivity index (χ0n) is 18.0. The van der Waals surface area contributed by atoms with Crippen LogP contribution in [0.2, 0.25) is 0 Å². The number of hydrogen-bond donors (Lipinski definition) is 0. The SMILES string of the molecule is Cc1ccc(OCCn2c(-c3cccc(C)c3)nc3sc4c(c3c2=O)CCCC4)cc1. The first kappa shape index (κ1) is 20.0. The van der Waals surface area contributed by atoms with Gasteiger partial charge in [-0.2, -0.15) is 0 Å². The number of fused-ring (bicyclic) bond motifs is 3. The Labute approximate surface area is 186 Å². The summed E-state index contributed by atoms with van der Waals surface area (Å²) in [7, 11) is 0. The molecule has 0 fully saturated rings. The van der Waals surface area contributed by atoms with Crippen molar-refractivity contribution in [3.8, 4) is 17.1 Å². The first-order valence-corrected chi connectivity index (χ1v) is 11.7. The molecule has 0 bridgehead atoms. The molecule has 5 heteroatoms. The summed E-state index contributed by atoms with van der Waals surface area (Å²) in [5.41, 5.74) is 4.61. The molecule has 0 saturated heterocycles. The maximum atomic E-state index is 13.7. The largest absolute Gasteiger partial charge is 0.492 e. The zero-order chi connectivity index (χ0) is 21.4. The lowest BCUT2D eigenvalue weighted by atomic mass is 9.97. The molecule has 0 saturated carbocycles. The highest BCUT2D eigenvalue weighted by atomic mass is 32.1. The fourth-order valence-electron chi connectivity index (χ4n) is 4.34. The lowest BCUT2D eigenvalue weighted by Crippen LogP contribution is -2.26. The number of rotatable bonds is 5. The van der Waals surface area contributed by atoms with E-state index in [4.69, 9.17) is 9.72 Å². The molecule has 158 valence electrons. The predicted molar refractivity (Wildman–Crippen MR) is 127 cm³/mol. The average Bonchev–Trinajstić information content (AvgIpc) is 3.15. The van der Waals surface area contributed by atoms with E-state index in [1.165, 1.54) is 22.4 Å². The Bertz CT molecular complexity index is 1300. The molecule has 1 aliphatic carbocycles. The molecule has 0 radical (unpaired) electrons. The van der Waals surface area contributed by atoms with Gasteiger partial charge in [-0.3, -0.25) is 9.36 Å². The molecule has 31 heavy (non-hydrogen) atoms. The average molecular weight is 431 g/mol.